The lowest BCUT2D eigenvalue weighted by Gasteiger charge is -2.23. The highest BCUT2D eigenvalue weighted by molar-refractivity contribution is 5.81. The molecular formula is C31H47N5O. The van der Waals surface area contributed by atoms with Crippen LogP contribution in [-0.2, 0) is 24.3 Å². The molecule has 1 unspecified atom stereocenters. The van der Waals surface area contributed by atoms with Gasteiger partial charge in [-0.05, 0) is 93.3 Å². The van der Waals surface area contributed by atoms with Gasteiger partial charge in [0.2, 0.25) is 5.91 Å². The highest BCUT2D eigenvalue weighted by Crippen LogP contribution is 2.32. The number of aromatic nitrogens is 1. The molecule has 1 amide bonds. The predicted octanol–water partition coefficient (Wildman–Crippen LogP) is 4.59. The van der Waals surface area contributed by atoms with Crippen LogP contribution >= 0.6 is 0 Å². The van der Waals surface area contributed by atoms with E-state index in [4.69, 9.17) is 0 Å². The van der Waals surface area contributed by atoms with Crippen molar-refractivity contribution in [1.29, 1.82) is 0 Å². The molecule has 2 aliphatic rings. The number of nitrogens with zero attached hydrogens (tertiary/aromatic N) is 1. The van der Waals surface area contributed by atoms with Crippen LogP contribution in [0.15, 0.2) is 42.6 Å². The number of nitrogens with one attached hydrogen (secondary N) is 4. The summed E-state index contributed by atoms with van der Waals surface area (Å²) in [4.78, 5) is 17.1. The summed E-state index contributed by atoms with van der Waals surface area (Å²) < 4.78 is 0. The molecule has 1 heterocycles. The highest BCUT2D eigenvalue weighted by atomic mass is 16.2. The molecule has 1 aromatic heterocycles. The Morgan fingerprint density at radius 1 is 0.973 bits per heavy atom. The molecule has 4 rings (SSSR count). The van der Waals surface area contributed by atoms with Crippen LogP contribution in [0.5, 0.6) is 0 Å². The van der Waals surface area contributed by atoms with Gasteiger partial charge in [-0.3, -0.25) is 9.78 Å². The van der Waals surface area contributed by atoms with E-state index < -0.39 is 0 Å². The van der Waals surface area contributed by atoms with Gasteiger partial charge in [-0.2, -0.15) is 0 Å². The number of benzene rings is 1. The van der Waals surface area contributed by atoms with Gasteiger partial charge in [0, 0.05) is 31.9 Å². The molecule has 0 aliphatic heterocycles. The number of rotatable bonds is 13. The summed E-state index contributed by atoms with van der Waals surface area (Å²) in [7, 11) is 0. The minimum absolute atomic E-state index is 0.0298. The number of hydrogen-bond acceptors (Lipinski definition) is 5. The summed E-state index contributed by atoms with van der Waals surface area (Å²) in [6.45, 7) is 6.32. The Balaban J connectivity index is 1.23. The maximum Gasteiger partial charge on any atom is 0.237 e. The molecule has 4 N–H and O–H groups in total. The third-order valence-corrected chi connectivity index (χ3v) is 8.10. The topological polar surface area (TPSA) is 78.1 Å². The number of fused-ring (bicyclic) bond motifs is 1. The lowest BCUT2D eigenvalue weighted by molar-refractivity contribution is -0.122. The molecular weight excluding hydrogens is 458 g/mol. The lowest BCUT2D eigenvalue weighted by atomic mass is 9.89. The molecule has 37 heavy (non-hydrogen) atoms. The Bertz CT molecular complexity index is 944. The van der Waals surface area contributed by atoms with Crippen LogP contribution in [0.25, 0.3) is 0 Å². The lowest BCUT2D eigenvalue weighted by Crippen LogP contribution is -2.41. The van der Waals surface area contributed by atoms with Gasteiger partial charge in [0.25, 0.3) is 0 Å². The molecule has 1 saturated carbocycles. The number of carbonyl (C=O) groups excluding carboxylic acids is 1. The summed E-state index contributed by atoms with van der Waals surface area (Å²) in [6, 6.07) is 13.0. The SMILES string of the molecule is C[C@H](NCc1ccccn1)C(=O)NCc1cccc2c1CCCCC2CNCCCNC1CCCCC1. The minimum Gasteiger partial charge on any atom is -0.351 e. The molecule has 6 nitrogen and oxygen atoms in total. The van der Waals surface area contributed by atoms with Gasteiger partial charge >= 0.3 is 0 Å². The predicted molar refractivity (Wildman–Crippen MR) is 151 cm³/mol. The van der Waals surface area contributed by atoms with Gasteiger partial charge in [0.15, 0.2) is 0 Å². The van der Waals surface area contributed by atoms with E-state index in [0.29, 0.717) is 19.0 Å². The van der Waals surface area contributed by atoms with Crippen molar-refractivity contribution in [2.75, 3.05) is 19.6 Å². The summed E-state index contributed by atoms with van der Waals surface area (Å²) in [5.41, 5.74) is 5.15. The molecule has 2 aliphatic carbocycles. The number of carbonyl (C=O) groups is 1. The van der Waals surface area contributed by atoms with Crippen molar-refractivity contribution in [3.8, 4) is 0 Å². The monoisotopic (exact) mass is 505 g/mol. The second-order valence-electron chi connectivity index (χ2n) is 10.9. The van der Waals surface area contributed by atoms with Crippen LogP contribution in [0, 0.1) is 0 Å². The van der Waals surface area contributed by atoms with Gasteiger partial charge in [0.05, 0.1) is 11.7 Å². The van der Waals surface area contributed by atoms with Gasteiger partial charge in [-0.1, -0.05) is 49.9 Å². The first kappa shape index (κ1) is 27.7. The molecule has 0 radical (unpaired) electrons. The van der Waals surface area contributed by atoms with Crippen LogP contribution in [0.2, 0.25) is 0 Å². The van der Waals surface area contributed by atoms with Crippen LogP contribution in [0.3, 0.4) is 0 Å². The summed E-state index contributed by atoms with van der Waals surface area (Å²) in [6.07, 6.45) is 14.7. The normalized spacial score (nSPS) is 19.1. The minimum atomic E-state index is -0.270. The average Bonchev–Trinajstić information content (AvgIpc) is 3.16. The van der Waals surface area contributed by atoms with E-state index in [0.717, 1.165) is 37.8 Å². The maximum absolute atomic E-state index is 12.8. The van der Waals surface area contributed by atoms with Crippen molar-refractivity contribution >= 4 is 5.91 Å². The fourth-order valence-electron chi connectivity index (χ4n) is 5.86. The number of amides is 1. The van der Waals surface area contributed by atoms with Gasteiger partial charge in [-0.25, -0.2) is 0 Å². The first-order valence-corrected chi connectivity index (χ1v) is 14.7. The highest BCUT2D eigenvalue weighted by Gasteiger charge is 2.21. The standard InChI is InChI=1S/C31H47N5O/c1-24(35-23-28-15-7-8-19-34-28)31(37)36-22-26-12-9-17-30-25(11-5-6-16-29(26)30)21-32-18-10-20-33-27-13-3-2-4-14-27/h7-9,12,15,17,19,24-25,27,32-33,35H,2-6,10-11,13-14,16,18,20-23H2,1H3,(H,36,37)/t24-,25?/m0/s1. The van der Waals surface area contributed by atoms with Gasteiger partial charge < -0.3 is 21.3 Å². The fraction of sp³-hybridized carbons (Fsp3) is 0.613. The summed E-state index contributed by atoms with van der Waals surface area (Å²) in [5, 5.41) is 14.0. The van der Waals surface area contributed by atoms with E-state index in [1.165, 1.54) is 74.5 Å². The van der Waals surface area contributed by atoms with Crippen molar-refractivity contribution in [1.82, 2.24) is 26.3 Å². The van der Waals surface area contributed by atoms with Crippen molar-refractivity contribution < 1.29 is 4.79 Å². The van der Waals surface area contributed by atoms with Crippen molar-refractivity contribution in [3.05, 3.63) is 65.0 Å². The molecule has 0 bridgehead atoms. The van der Waals surface area contributed by atoms with E-state index in [9.17, 15) is 4.79 Å². The summed E-state index contributed by atoms with van der Waals surface area (Å²) >= 11 is 0. The van der Waals surface area contributed by atoms with Gasteiger partial charge in [-0.15, -0.1) is 0 Å². The Morgan fingerprint density at radius 3 is 2.68 bits per heavy atom. The Hall–Kier alpha value is -2.28. The molecule has 0 saturated heterocycles. The van der Waals surface area contributed by atoms with E-state index >= 15 is 0 Å². The largest absolute Gasteiger partial charge is 0.351 e. The van der Waals surface area contributed by atoms with Gasteiger partial charge in [0.1, 0.15) is 0 Å². The van der Waals surface area contributed by atoms with Crippen molar-refractivity contribution in [3.63, 3.8) is 0 Å². The maximum atomic E-state index is 12.8. The van der Waals surface area contributed by atoms with Crippen LogP contribution in [0.1, 0.15) is 93.0 Å². The average molecular weight is 506 g/mol. The molecule has 2 atom stereocenters. The fourth-order valence-corrected chi connectivity index (χ4v) is 5.86. The summed E-state index contributed by atoms with van der Waals surface area (Å²) in [5.74, 6) is 0.584. The van der Waals surface area contributed by atoms with E-state index in [2.05, 4.69) is 44.5 Å². The smallest absolute Gasteiger partial charge is 0.237 e. The Labute approximate surface area is 223 Å². The van der Waals surface area contributed by atoms with E-state index in [1.807, 2.05) is 25.1 Å². The zero-order valence-electron chi connectivity index (χ0n) is 22.7. The van der Waals surface area contributed by atoms with Crippen molar-refractivity contribution in [2.45, 2.75) is 102 Å². The van der Waals surface area contributed by atoms with Crippen LogP contribution in [0.4, 0.5) is 0 Å². The molecule has 0 spiro atoms. The van der Waals surface area contributed by atoms with Crippen LogP contribution in [-0.4, -0.2) is 42.6 Å². The van der Waals surface area contributed by atoms with E-state index in [-0.39, 0.29) is 11.9 Å². The Kier molecular flexibility index (Phi) is 11.4. The molecule has 202 valence electrons. The molecule has 1 aromatic carbocycles. The second kappa shape index (κ2) is 15.2. The molecule has 1 fully saturated rings. The molecule has 6 heteroatoms. The zero-order chi connectivity index (χ0) is 25.7. The van der Waals surface area contributed by atoms with E-state index in [1.54, 1.807) is 6.20 Å². The third-order valence-electron chi connectivity index (χ3n) is 8.10. The third kappa shape index (κ3) is 8.91. The first-order valence-electron chi connectivity index (χ1n) is 14.7. The quantitative estimate of drug-likeness (QED) is 0.237. The second-order valence-corrected chi connectivity index (χ2v) is 10.9. The Morgan fingerprint density at radius 2 is 1.84 bits per heavy atom. The zero-order valence-corrected chi connectivity index (χ0v) is 22.7. The molecule has 2 aromatic rings. The first-order chi connectivity index (χ1) is 18.2. The number of pyridine rings is 1. The van der Waals surface area contributed by atoms with Crippen molar-refractivity contribution in [2.24, 2.45) is 0 Å². The number of hydrogen-bond donors (Lipinski definition) is 4. The van der Waals surface area contributed by atoms with Crippen LogP contribution < -0.4 is 21.3 Å².